The number of hydrogen-bond acceptors (Lipinski definition) is 4. The van der Waals surface area contributed by atoms with E-state index in [0.29, 0.717) is 5.92 Å². The number of nitrogens with zero attached hydrogens (tertiary/aromatic N) is 3. The molecule has 0 aromatic carbocycles. The fourth-order valence-corrected chi connectivity index (χ4v) is 2.82. The normalized spacial score (nSPS) is 17.8. The Hall–Kier alpha value is -1.60. The number of aryl methyl sites for hydroxylation is 2. The van der Waals surface area contributed by atoms with E-state index >= 15 is 0 Å². The summed E-state index contributed by atoms with van der Waals surface area (Å²) in [4.78, 5) is 8.49. The van der Waals surface area contributed by atoms with E-state index in [0.717, 1.165) is 83.5 Å². The van der Waals surface area contributed by atoms with Crippen molar-refractivity contribution < 1.29 is 9.47 Å². The highest BCUT2D eigenvalue weighted by atomic mass is 16.5. The lowest BCUT2D eigenvalue weighted by Gasteiger charge is -2.13. The van der Waals surface area contributed by atoms with Crippen LogP contribution < -0.4 is 10.6 Å². The number of aromatic nitrogens is 2. The van der Waals surface area contributed by atoms with Gasteiger partial charge in [0.2, 0.25) is 0 Å². The number of hydrogen-bond donors (Lipinski definition) is 2. The average molecular weight is 351 g/mol. The molecular weight excluding hydrogens is 318 g/mol. The van der Waals surface area contributed by atoms with Crippen LogP contribution in [-0.4, -0.2) is 62.1 Å². The largest absolute Gasteiger partial charge is 0.381 e. The zero-order valence-corrected chi connectivity index (χ0v) is 15.7. The van der Waals surface area contributed by atoms with Crippen LogP contribution in [0.5, 0.6) is 0 Å². The molecule has 1 aromatic heterocycles. The van der Waals surface area contributed by atoms with Gasteiger partial charge in [-0.3, -0.25) is 4.99 Å². The number of rotatable bonds is 11. The molecule has 1 atom stereocenters. The number of ether oxygens (including phenoxy) is 2. The van der Waals surface area contributed by atoms with Gasteiger partial charge in [0.05, 0.1) is 13.2 Å². The molecule has 0 bridgehead atoms. The second-order valence-corrected chi connectivity index (χ2v) is 6.46. The smallest absolute Gasteiger partial charge is 0.190 e. The van der Waals surface area contributed by atoms with Crippen molar-refractivity contribution in [3.05, 3.63) is 18.2 Å². The van der Waals surface area contributed by atoms with Gasteiger partial charge >= 0.3 is 0 Å². The molecule has 1 saturated heterocycles. The van der Waals surface area contributed by atoms with Crippen molar-refractivity contribution in [1.82, 2.24) is 20.2 Å². The van der Waals surface area contributed by atoms with Gasteiger partial charge < -0.3 is 24.7 Å². The Bertz CT molecular complexity index is 497. The Morgan fingerprint density at radius 3 is 2.88 bits per heavy atom. The molecule has 1 aliphatic heterocycles. The number of nitrogens with one attached hydrogen (secondary N) is 2. The van der Waals surface area contributed by atoms with Gasteiger partial charge in [-0.1, -0.05) is 0 Å². The van der Waals surface area contributed by atoms with Gasteiger partial charge in [0.25, 0.3) is 0 Å². The first-order chi connectivity index (χ1) is 12.3. The predicted molar refractivity (Wildman–Crippen MR) is 99.9 cm³/mol. The summed E-state index contributed by atoms with van der Waals surface area (Å²) < 4.78 is 13.2. The third-order valence-electron chi connectivity index (χ3n) is 4.40. The van der Waals surface area contributed by atoms with Crippen molar-refractivity contribution >= 4 is 5.96 Å². The summed E-state index contributed by atoms with van der Waals surface area (Å²) in [7, 11) is 1.81. The molecule has 2 rings (SSSR count). The second kappa shape index (κ2) is 11.9. The second-order valence-electron chi connectivity index (χ2n) is 6.46. The van der Waals surface area contributed by atoms with Gasteiger partial charge in [-0.2, -0.15) is 0 Å². The third-order valence-corrected chi connectivity index (χ3v) is 4.40. The molecule has 2 N–H and O–H groups in total. The van der Waals surface area contributed by atoms with Crippen LogP contribution in [0.2, 0.25) is 0 Å². The van der Waals surface area contributed by atoms with Gasteiger partial charge in [0.1, 0.15) is 5.82 Å². The van der Waals surface area contributed by atoms with Gasteiger partial charge in [-0.25, -0.2) is 4.98 Å². The maximum atomic E-state index is 5.70. The first-order valence-corrected chi connectivity index (χ1v) is 9.37. The minimum absolute atomic E-state index is 0.591. The van der Waals surface area contributed by atoms with Gasteiger partial charge in [0, 0.05) is 58.2 Å². The van der Waals surface area contributed by atoms with Crippen LogP contribution >= 0.6 is 0 Å². The van der Waals surface area contributed by atoms with Crippen LogP contribution in [-0.2, 0) is 16.0 Å². The molecule has 7 heteroatoms. The highest BCUT2D eigenvalue weighted by molar-refractivity contribution is 5.79. The highest BCUT2D eigenvalue weighted by Gasteiger charge is 2.15. The van der Waals surface area contributed by atoms with Crippen molar-refractivity contribution in [2.45, 2.75) is 39.2 Å². The quantitative estimate of drug-likeness (QED) is 0.360. The SMILES string of the molecule is CN=C(NCCCCn1ccnc1C)NCCCOCC1CCOC1. The maximum absolute atomic E-state index is 5.70. The molecular formula is C18H33N5O2. The predicted octanol–water partition coefficient (Wildman–Crippen LogP) is 1.58. The van der Waals surface area contributed by atoms with E-state index < -0.39 is 0 Å². The van der Waals surface area contributed by atoms with Gasteiger partial charge in [0.15, 0.2) is 5.96 Å². The molecule has 0 radical (unpaired) electrons. The Labute approximate surface area is 151 Å². The van der Waals surface area contributed by atoms with Crippen LogP contribution in [0.15, 0.2) is 17.4 Å². The van der Waals surface area contributed by atoms with Crippen LogP contribution in [0.3, 0.4) is 0 Å². The molecule has 25 heavy (non-hydrogen) atoms. The molecule has 0 amide bonds. The Kier molecular flexibility index (Phi) is 9.36. The molecule has 0 aliphatic carbocycles. The summed E-state index contributed by atoms with van der Waals surface area (Å²) in [5.41, 5.74) is 0. The zero-order chi connectivity index (χ0) is 17.7. The van der Waals surface area contributed by atoms with Crippen molar-refractivity contribution in [2.75, 3.05) is 46.6 Å². The molecule has 2 heterocycles. The lowest BCUT2D eigenvalue weighted by molar-refractivity contribution is 0.0888. The van der Waals surface area contributed by atoms with E-state index in [1.807, 2.05) is 19.3 Å². The summed E-state index contributed by atoms with van der Waals surface area (Å²) in [6, 6.07) is 0. The lowest BCUT2D eigenvalue weighted by atomic mass is 10.1. The number of guanidine groups is 1. The standard InChI is InChI=1S/C18H33N5O2/c1-16-20-9-11-23(16)10-4-3-7-21-18(19-2)22-8-5-12-24-14-17-6-13-25-15-17/h9,11,17H,3-8,10,12-15H2,1-2H3,(H2,19,21,22). The third kappa shape index (κ3) is 7.88. The maximum Gasteiger partial charge on any atom is 0.190 e. The van der Waals surface area contributed by atoms with Gasteiger partial charge in [-0.05, 0) is 32.6 Å². The topological polar surface area (TPSA) is 72.7 Å². The molecule has 1 aliphatic rings. The van der Waals surface area contributed by atoms with Crippen molar-refractivity contribution in [2.24, 2.45) is 10.9 Å². The van der Waals surface area contributed by atoms with Gasteiger partial charge in [-0.15, -0.1) is 0 Å². The number of aliphatic imine (C=N–C) groups is 1. The minimum atomic E-state index is 0.591. The van der Waals surface area contributed by atoms with Crippen LogP contribution in [0.4, 0.5) is 0 Å². The monoisotopic (exact) mass is 351 g/mol. The van der Waals surface area contributed by atoms with E-state index in [-0.39, 0.29) is 0 Å². The summed E-state index contributed by atoms with van der Waals surface area (Å²) in [5.74, 6) is 2.53. The fraction of sp³-hybridized carbons (Fsp3) is 0.778. The van der Waals surface area contributed by atoms with Crippen molar-refractivity contribution in [3.63, 3.8) is 0 Å². The lowest BCUT2D eigenvalue weighted by Crippen LogP contribution is -2.38. The summed E-state index contributed by atoms with van der Waals surface area (Å²) in [6.07, 6.45) is 8.23. The molecule has 1 unspecified atom stereocenters. The number of unbranched alkanes of at least 4 members (excludes halogenated alkanes) is 1. The molecule has 7 nitrogen and oxygen atoms in total. The summed E-state index contributed by atoms with van der Waals surface area (Å²) >= 11 is 0. The van der Waals surface area contributed by atoms with Crippen molar-refractivity contribution in [3.8, 4) is 0 Å². The van der Waals surface area contributed by atoms with Crippen LogP contribution in [0.1, 0.15) is 31.5 Å². The van der Waals surface area contributed by atoms with Crippen LogP contribution in [0.25, 0.3) is 0 Å². The van der Waals surface area contributed by atoms with E-state index in [4.69, 9.17) is 9.47 Å². The average Bonchev–Trinajstić information content (AvgIpc) is 3.27. The Balaban J connectivity index is 1.43. The zero-order valence-electron chi connectivity index (χ0n) is 15.7. The van der Waals surface area contributed by atoms with Crippen molar-refractivity contribution in [1.29, 1.82) is 0 Å². The minimum Gasteiger partial charge on any atom is -0.381 e. The summed E-state index contributed by atoms with van der Waals surface area (Å²) in [5, 5.41) is 6.69. The molecule has 142 valence electrons. The van der Waals surface area contributed by atoms with E-state index in [1.54, 1.807) is 7.05 Å². The fourth-order valence-electron chi connectivity index (χ4n) is 2.82. The number of imidazole rings is 1. The van der Waals surface area contributed by atoms with E-state index in [1.165, 1.54) is 0 Å². The highest BCUT2D eigenvalue weighted by Crippen LogP contribution is 2.12. The van der Waals surface area contributed by atoms with Crippen LogP contribution in [0, 0.1) is 12.8 Å². The molecule has 0 saturated carbocycles. The first kappa shape index (κ1) is 19.7. The summed E-state index contributed by atoms with van der Waals surface area (Å²) in [6.45, 7) is 8.20. The molecule has 1 fully saturated rings. The molecule has 0 spiro atoms. The van der Waals surface area contributed by atoms with E-state index in [9.17, 15) is 0 Å². The Morgan fingerprint density at radius 1 is 1.36 bits per heavy atom. The van der Waals surface area contributed by atoms with E-state index in [2.05, 4.69) is 25.2 Å². The Morgan fingerprint density at radius 2 is 2.20 bits per heavy atom. The first-order valence-electron chi connectivity index (χ1n) is 9.37. The molecule has 1 aromatic rings.